The number of fused-ring (bicyclic) bond motifs is 3. The zero-order chi connectivity index (χ0) is 18.4. The van der Waals surface area contributed by atoms with E-state index in [0.29, 0.717) is 18.7 Å². The van der Waals surface area contributed by atoms with Crippen molar-refractivity contribution in [1.82, 2.24) is 4.57 Å². The number of aliphatic carboxylic acids is 1. The summed E-state index contributed by atoms with van der Waals surface area (Å²) in [6, 6.07) is 13.6. The number of para-hydroxylation sites is 1. The van der Waals surface area contributed by atoms with Gasteiger partial charge in [-0.3, -0.25) is 9.59 Å². The molecule has 4 rings (SSSR count). The van der Waals surface area contributed by atoms with E-state index < -0.39 is 5.97 Å². The van der Waals surface area contributed by atoms with Crippen molar-refractivity contribution in [3.8, 4) is 0 Å². The number of aryl methyl sites for hydroxylation is 2. The zero-order valence-electron chi connectivity index (χ0n) is 14.8. The van der Waals surface area contributed by atoms with Gasteiger partial charge in [-0.15, -0.1) is 0 Å². The molecule has 1 aromatic heterocycles. The molecule has 0 saturated heterocycles. The van der Waals surface area contributed by atoms with Gasteiger partial charge in [-0.1, -0.05) is 30.3 Å². The lowest BCUT2D eigenvalue weighted by Gasteiger charge is -2.28. The average Bonchev–Trinajstić information content (AvgIpc) is 2.95. The zero-order valence-corrected chi connectivity index (χ0v) is 14.8. The summed E-state index contributed by atoms with van der Waals surface area (Å²) in [5.41, 5.74) is 5.24. The number of carboxylic acids is 1. The van der Waals surface area contributed by atoms with Gasteiger partial charge < -0.3 is 14.6 Å². The molecule has 0 radical (unpaired) electrons. The SMILES string of the molecule is Cc1ccc(C)c2c1c1c(n2CC(=O)O)C(=O)N(c2ccccc2)CC1. The molecule has 5 nitrogen and oxygen atoms in total. The van der Waals surface area contributed by atoms with Crippen molar-refractivity contribution >= 4 is 28.5 Å². The highest BCUT2D eigenvalue weighted by molar-refractivity contribution is 6.12. The molecule has 5 heteroatoms. The van der Waals surface area contributed by atoms with Crippen molar-refractivity contribution < 1.29 is 14.7 Å². The van der Waals surface area contributed by atoms with Crippen LogP contribution < -0.4 is 4.90 Å². The van der Waals surface area contributed by atoms with Gasteiger partial charge in [0.2, 0.25) is 0 Å². The molecule has 0 saturated carbocycles. The number of carboxylic acid groups (broad SMARTS) is 1. The fraction of sp³-hybridized carbons (Fsp3) is 0.238. The van der Waals surface area contributed by atoms with Crippen molar-refractivity contribution in [2.75, 3.05) is 11.4 Å². The lowest BCUT2D eigenvalue weighted by molar-refractivity contribution is -0.137. The van der Waals surface area contributed by atoms with Gasteiger partial charge in [0.1, 0.15) is 12.2 Å². The van der Waals surface area contributed by atoms with Crippen LogP contribution in [0.1, 0.15) is 27.2 Å². The first-order valence-electron chi connectivity index (χ1n) is 8.69. The van der Waals surface area contributed by atoms with Crippen LogP contribution in [-0.2, 0) is 17.8 Å². The minimum Gasteiger partial charge on any atom is -0.480 e. The second kappa shape index (κ2) is 6.02. The van der Waals surface area contributed by atoms with Gasteiger partial charge in [-0.2, -0.15) is 0 Å². The number of hydrogen-bond acceptors (Lipinski definition) is 2. The molecular weight excluding hydrogens is 328 g/mol. The number of anilines is 1. The first-order valence-corrected chi connectivity index (χ1v) is 8.69. The Hall–Kier alpha value is -3.08. The van der Waals surface area contributed by atoms with E-state index in [-0.39, 0.29) is 12.5 Å². The van der Waals surface area contributed by atoms with E-state index in [9.17, 15) is 14.7 Å². The monoisotopic (exact) mass is 348 g/mol. The van der Waals surface area contributed by atoms with Crippen LogP contribution in [0.5, 0.6) is 0 Å². The number of carbonyl (C=O) groups excluding carboxylic acids is 1. The van der Waals surface area contributed by atoms with E-state index in [0.717, 1.165) is 33.3 Å². The van der Waals surface area contributed by atoms with Crippen molar-refractivity contribution in [3.05, 3.63) is 64.8 Å². The predicted octanol–water partition coefficient (Wildman–Crippen LogP) is 3.55. The van der Waals surface area contributed by atoms with Crippen LogP contribution >= 0.6 is 0 Å². The molecule has 0 fully saturated rings. The molecule has 0 bridgehead atoms. The van der Waals surface area contributed by atoms with E-state index in [1.165, 1.54) is 0 Å². The number of carbonyl (C=O) groups is 2. The molecule has 1 aliphatic heterocycles. The Bertz CT molecular complexity index is 1030. The van der Waals surface area contributed by atoms with Gasteiger partial charge >= 0.3 is 5.97 Å². The van der Waals surface area contributed by atoms with E-state index in [2.05, 4.69) is 0 Å². The number of benzene rings is 2. The van der Waals surface area contributed by atoms with Crippen molar-refractivity contribution in [2.45, 2.75) is 26.8 Å². The van der Waals surface area contributed by atoms with Gasteiger partial charge in [0, 0.05) is 17.6 Å². The normalized spacial score (nSPS) is 13.9. The molecule has 26 heavy (non-hydrogen) atoms. The maximum absolute atomic E-state index is 13.3. The first-order chi connectivity index (χ1) is 12.5. The molecule has 0 atom stereocenters. The van der Waals surface area contributed by atoms with Crippen LogP contribution in [-0.4, -0.2) is 28.1 Å². The summed E-state index contributed by atoms with van der Waals surface area (Å²) >= 11 is 0. The molecule has 0 spiro atoms. The Labute approximate surface area is 151 Å². The standard InChI is InChI=1S/C21H20N2O3/c1-13-8-9-14(2)19-18(13)16-10-11-22(15-6-4-3-5-7-15)21(26)20(16)23(19)12-17(24)25/h3-9H,10-12H2,1-2H3,(H,24,25). The smallest absolute Gasteiger partial charge is 0.323 e. The second-order valence-electron chi connectivity index (χ2n) is 6.77. The summed E-state index contributed by atoms with van der Waals surface area (Å²) in [4.78, 5) is 26.6. The molecule has 2 heterocycles. The van der Waals surface area contributed by atoms with E-state index in [1.54, 1.807) is 9.47 Å². The summed E-state index contributed by atoms with van der Waals surface area (Å²) < 4.78 is 1.69. The second-order valence-corrected chi connectivity index (χ2v) is 6.77. The lowest BCUT2D eigenvalue weighted by Crippen LogP contribution is -2.39. The van der Waals surface area contributed by atoms with Gasteiger partial charge in [0.25, 0.3) is 5.91 Å². The van der Waals surface area contributed by atoms with E-state index >= 15 is 0 Å². The number of amides is 1. The third kappa shape index (κ3) is 2.39. The largest absolute Gasteiger partial charge is 0.480 e. The third-order valence-corrected chi connectivity index (χ3v) is 5.11. The molecule has 2 aromatic carbocycles. The van der Waals surface area contributed by atoms with Crippen LogP contribution in [0.2, 0.25) is 0 Å². The number of aromatic nitrogens is 1. The van der Waals surface area contributed by atoms with Crippen LogP contribution in [0.3, 0.4) is 0 Å². The Morgan fingerprint density at radius 3 is 2.46 bits per heavy atom. The highest BCUT2D eigenvalue weighted by atomic mass is 16.4. The van der Waals surface area contributed by atoms with E-state index in [4.69, 9.17) is 0 Å². The summed E-state index contributed by atoms with van der Waals surface area (Å²) in [5.74, 6) is -1.08. The molecule has 1 aliphatic rings. The minimum atomic E-state index is -0.949. The van der Waals surface area contributed by atoms with Gasteiger partial charge in [-0.25, -0.2) is 0 Å². The summed E-state index contributed by atoms with van der Waals surface area (Å²) in [7, 11) is 0. The number of hydrogen-bond donors (Lipinski definition) is 1. The van der Waals surface area contributed by atoms with Gasteiger partial charge in [0.15, 0.2) is 0 Å². The Kier molecular flexibility index (Phi) is 3.80. The highest BCUT2D eigenvalue weighted by Crippen LogP contribution is 2.36. The number of nitrogens with zero attached hydrogens (tertiary/aromatic N) is 2. The Morgan fingerprint density at radius 2 is 1.77 bits per heavy atom. The Balaban J connectivity index is 1.98. The number of rotatable bonds is 3. The van der Waals surface area contributed by atoms with Crippen molar-refractivity contribution in [2.24, 2.45) is 0 Å². The summed E-state index contributed by atoms with van der Waals surface area (Å²) in [6.07, 6.45) is 0.712. The lowest BCUT2D eigenvalue weighted by atomic mass is 9.98. The molecule has 0 aliphatic carbocycles. The topological polar surface area (TPSA) is 62.5 Å². The summed E-state index contributed by atoms with van der Waals surface area (Å²) in [5, 5.41) is 10.5. The van der Waals surface area contributed by atoms with Crippen molar-refractivity contribution in [1.29, 1.82) is 0 Å². The summed E-state index contributed by atoms with van der Waals surface area (Å²) in [6.45, 7) is 4.35. The van der Waals surface area contributed by atoms with Crippen LogP contribution in [0.25, 0.3) is 10.9 Å². The molecular formula is C21H20N2O3. The van der Waals surface area contributed by atoms with Crippen LogP contribution in [0, 0.1) is 13.8 Å². The van der Waals surface area contributed by atoms with Gasteiger partial charge in [0.05, 0.1) is 5.52 Å². The maximum Gasteiger partial charge on any atom is 0.323 e. The Morgan fingerprint density at radius 1 is 1.08 bits per heavy atom. The molecule has 1 N–H and O–H groups in total. The van der Waals surface area contributed by atoms with Crippen LogP contribution in [0.15, 0.2) is 42.5 Å². The molecule has 0 unspecified atom stereocenters. The fourth-order valence-corrected chi connectivity index (χ4v) is 4.01. The van der Waals surface area contributed by atoms with Crippen LogP contribution in [0.4, 0.5) is 5.69 Å². The average molecular weight is 348 g/mol. The minimum absolute atomic E-state index is 0.131. The predicted molar refractivity (Wildman–Crippen MR) is 101 cm³/mol. The van der Waals surface area contributed by atoms with Gasteiger partial charge in [-0.05, 0) is 49.1 Å². The molecule has 1 amide bonds. The first kappa shape index (κ1) is 16.4. The highest BCUT2D eigenvalue weighted by Gasteiger charge is 2.33. The quantitative estimate of drug-likeness (QED) is 0.787. The maximum atomic E-state index is 13.3. The molecule has 3 aromatic rings. The molecule has 132 valence electrons. The van der Waals surface area contributed by atoms with Crippen molar-refractivity contribution in [3.63, 3.8) is 0 Å². The fourth-order valence-electron chi connectivity index (χ4n) is 4.01. The van der Waals surface area contributed by atoms with E-state index in [1.807, 2.05) is 56.3 Å². The third-order valence-electron chi connectivity index (χ3n) is 5.11.